The van der Waals surface area contributed by atoms with Crippen LogP contribution in [0.1, 0.15) is 12.5 Å². The lowest BCUT2D eigenvalue weighted by atomic mass is 9.98. The number of aromatic nitrogens is 1. The highest BCUT2D eigenvalue weighted by molar-refractivity contribution is 5.99. The van der Waals surface area contributed by atoms with Gasteiger partial charge < -0.3 is 10.5 Å². The van der Waals surface area contributed by atoms with Crippen molar-refractivity contribution in [3.05, 3.63) is 54.2 Å². The fourth-order valence-electron chi connectivity index (χ4n) is 2.58. The number of hydrogen-bond donors (Lipinski definition) is 1. The predicted molar refractivity (Wildman–Crippen MR) is 87.5 cm³/mol. The minimum Gasteiger partial charge on any atom is -0.481 e. The summed E-state index contributed by atoms with van der Waals surface area (Å²) in [5.41, 5.74) is 10.1. The molecule has 0 saturated carbocycles. The number of aryl methyl sites for hydroxylation is 1. The highest BCUT2D eigenvalue weighted by Crippen LogP contribution is 2.33. The van der Waals surface area contributed by atoms with Crippen LogP contribution >= 0.6 is 0 Å². The molecule has 3 nitrogen and oxygen atoms in total. The fourth-order valence-corrected chi connectivity index (χ4v) is 2.58. The topological polar surface area (TPSA) is 48.1 Å². The number of methoxy groups -OCH3 is 1. The lowest BCUT2D eigenvalue weighted by Gasteiger charge is -2.11. The second kappa shape index (κ2) is 5.44. The summed E-state index contributed by atoms with van der Waals surface area (Å²) in [4.78, 5) is 4.44. The molecule has 3 heteroatoms. The molecular weight excluding hydrogens is 260 g/mol. The van der Waals surface area contributed by atoms with Crippen LogP contribution in [-0.4, -0.2) is 12.1 Å². The van der Waals surface area contributed by atoms with Crippen LogP contribution in [0, 0.1) is 0 Å². The van der Waals surface area contributed by atoms with Crippen LogP contribution in [0.4, 0.5) is 5.69 Å². The van der Waals surface area contributed by atoms with Gasteiger partial charge in [0.1, 0.15) is 0 Å². The number of nitrogens with two attached hydrogens (primary N) is 1. The van der Waals surface area contributed by atoms with Crippen LogP contribution in [-0.2, 0) is 6.42 Å². The molecule has 3 rings (SSSR count). The zero-order valence-electron chi connectivity index (χ0n) is 12.3. The van der Waals surface area contributed by atoms with Crippen LogP contribution in [0.5, 0.6) is 5.88 Å². The van der Waals surface area contributed by atoms with Crippen molar-refractivity contribution in [2.75, 3.05) is 12.8 Å². The number of pyridine rings is 1. The molecule has 21 heavy (non-hydrogen) atoms. The third-order valence-corrected chi connectivity index (χ3v) is 3.71. The van der Waals surface area contributed by atoms with Gasteiger partial charge >= 0.3 is 0 Å². The molecule has 2 N–H and O–H groups in total. The van der Waals surface area contributed by atoms with Crippen molar-refractivity contribution in [3.8, 4) is 17.0 Å². The largest absolute Gasteiger partial charge is 0.481 e. The fraction of sp³-hybridized carbons (Fsp3) is 0.167. The van der Waals surface area contributed by atoms with Gasteiger partial charge in [-0.15, -0.1) is 0 Å². The van der Waals surface area contributed by atoms with E-state index in [0.717, 1.165) is 34.0 Å². The predicted octanol–water partition coefficient (Wildman–Crippen LogP) is 4.06. The molecule has 0 bridgehead atoms. The van der Waals surface area contributed by atoms with Crippen molar-refractivity contribution in [3.63, 3.8) is 0 Å². The molecule has 0 saturated heterocycles. The summed E-state index contributed by atoms with van der Waals surface area (Å²) in [6.45, 7) is 2.14. The van der Waals surface area contributed by atoms with Crippen molar-refractivity contribution >= 4 is 16.5 Å². The Morgan fingerprint density at radius 2 is 1.95 bits per heavy atom. The number of hydrogen-bond acceptors (Lipinski definition) is 3. The first-order chi connectivity index (χ1) is 10.2. The minimum atomic E-state index is 0.660. The molecule has 0 unspecified atom stereocenters. The van der Waals surface area contributed by atoms with Crippen molar-refractivity contribution in [2.24, 2.45) is 0 Å². The number of nitrogens with zero attached hydrogens (tertiary/aromatic N) is 1. The molecule has 0 fully saturated rings. The summed E-state index contributed by atoms with van der Waals surface area (Å²) in [6, 6.07) is 14.3. The molecule has 0 amide bonds. The van der Waals surface area contributed by atoms with Gasteiger partial charge in [0, 0.05) is 22.8 Å². The number of nitrogen functional groups attached to an aromatic ring is 1. The monoisotopic (exact) mass is 278 g/mol. The first-order valence-corrected chi connectivity index (χ1v) is 7.04. The summed E-state index contributed by atoms with van der Waals surface area (Å²) in [6.07, 6.45) is 2.84. The zero-order valence-corrected chi connectivity index (χ0v) is 12.3. The minimum absolute atomic E-state index is 0.660. The summed E-state index contributed by atoms with van der Waals surface area (Å²) in [5, 5.41) is 2.17. The van der Waals surface area contributed by atoms with E-state index in [-0.39, 0.29) is 0 Å². The molecule has 1 heterocycles. The lowest BCUT2D eigenvalue weighted by molar-refractivity contribution is 0.403. The van der Waals surface area contributed by atoms with Gasteiger partial charge in [-0.25, -0.2) is 4.98 Å². The van der Waals surface area contributed by atoms with Crippen LogP contribution in [0.15, 0.2) is 48.7 Å². The highest BCUT2D eigenvalue weighted by atomic mass is 16.5. The summed E-state index contributed by atoms with van der Waals surface area (Å²) >= 11 is 0. The van der Waals surface area contributed by atoms with E-state index >= 15 is 0 Å². The van der Waals surface area contributed by atoms with Crippen LogP contribution in [0.3, 0.4) is 0 Å². The number of anilines is 1. The molecule has 0 aliphatic heterocycles. The number of benzene rings is 2. The Labute approximate surface area is 124 Å². The van der Waals surface area contributed by atoms with Crippen molar-refractivity contribution < 1.29 is 4.74 Å². The number of fused-ring (bicyclic) bond motifs is 1. The molecule has 1 aromatic heterocycles. The van der Waals surface area contributed by atoms with Gasteiger partial charge in [0.25, 0.3) is 0 Å². The molecule has 0 spiro atoms. The Bertz CT molecular complexity index is 796. The van der Waals surface area contributed by atoms with E-state index in [4.69, 9.17) is 10.5 Å². The normalized spacial score (nSPS) is 10.8. The molecule has 3 aromatic rings. The SMILES string of the molecule is CCc1ccc2c(-c3cccc(N)c3)cnc(OC)c2c1. The summed E-state index contributed by atoms with van der Waals surface area (Å²) in [5.74, 6) is 0.660. The van der Waals surface area contributed by atoms with E-state index in [1.165, 1.54) is 5.56 Å². The zero-order chi connectivity index (χ0) is 14.8. The molecule has 0 aliphatic carbocycles. The lowest BCUT2D eigenvalue weighted by Crippen LogP contribution is -1.93. The van der Waals surface area contributed by atoms with E-state index in [1.807, 2.05) is 30.5 Å². The average molecular weight is 278 g/mol. The third-order valence-electron chi connectivity index (χ3n) is 3.71. The molecule has 0 radical (unpaired) electrons. The maximum atomic E-state index is 5.90. The van der Waals surface area contributed by atoms with Gasteiger partial charge in [-0.2, -0.15) is 0 Å². The van der Waals surface area contributed by atoms with Crippen molar-refractivity contribution in [1.82, 2.24) is 4.98 Å². The second-order valence-electron chi connectivity index (χ2n) is 5.04. The Balaban J connectivity index is 2.29. The molecular formula is C18H18N2O. The highest BCUT2D eigenvalue weighted by Gasteiger charge is 2.10. The Hall–Kier alpha value is -2.55. The van der Waals surface area contributed by atoms with Crippen molar-refractivity contribution in [2.45, 2.75) is 13.3 Å². The first-order valence-electron chi connectivity index (χ1n) is 7.04. The van der Waals surface area contributed by atoms with Crippen LogP contribution in [0.2, 0.25) is 0 Å². The quantitative estimate of drug-likeness (QED) is 0.735. The van der Waals surface area contributed by atoms with E-state index in [2.05, 4.69) is 30.1 Å². The van der Waals surface area contributed by atoms with Gasteiger partial charge in [0.15, 0.2) is 0 Å². The Kier molecular flexibility index (Phi) is 3.48. The van der Waals surface area contributed by atoms with E-state index in [0.29, 0.717) is 5.88 Å². The van der Waals surface area contributed by atoms with Crippen molar-refractivity contribution in [1.29, 1.82) is 0 Å². The smallest absolute Gasteiger partial charge is 0.221 e. The maximum Gasteiger partial charge on any atom is 0.221 e. The standard InChI is InChI=1S/C18H18N2O/c1-3-12-7-8-15-16(9-12)18(21-2)20-11-17(15)13-5-4-6-14(19)10-13/h4-11H,3,19H2,1-2H3. The van der Waals surface area contributed by atoms with Gasteiger partial charge in [-0.1, -0.05) is 31.2 Å². The van der Waals surface area contributed by atoms with Crippen LogP contribution < -0.4 is 10.5 Å². The van der Waals surface area contributed by atoms with E-state index < -0.39 is 0 Å². The van der Waals surface area contributed by atoms with Gasteiger partial charge in [-0.05, 0) is 41.1 Å². The van der Waals surface area contributed by atoms with Gasteiger partial charge in [0.05, 0.1) is 7.11 Å². The Morgan fingerprint density at radius 1 is 1.10 bits per heavy atom. The second-order valence-corrected chi connectivity index (χ2v) is 5.04. The van der Waals surface area contributed by atoms with Gasteiger partial charge in [-0.3, -0.25) is 0 Å². The number of ether oxygens (including phenoxy) is 1. The number of rotatable bonds is 3. The maximum absolute atomic E-state index is 5.90. The molecule has 2 aromatic carbocycles. The molecule has 0 atom stereocenters. The summed E-state index contributed by atoms with van der Waals surface area (Å²) in [7, 11) is 1.65. The third kappa shape index (κ3) is 2.42. The van der Waals surface area contributed by atoms with E-state index in [1.54, 1.807) is 7.11 Å². The van der Waals surface area contributed by atoms with Gasteiger partial charge in [0.2, 0.25) is 5.88 Å². The Morgan fingerprint density at radius 3 is 2.67 bits per heavy atom. The summed E-state index contributed by atoms with van der Waals surface area (Å²) < 4.78 is 5.41. The van der Waals surface area contributed by atoms with E-state index in [9.17, 15) is 0 Å². The average Bonchev–Trinajstić information content (AvgIpc) is 2.53. The van der Waals surface area contributed by atoms with Crippen LogP contribution in [0.25, 0.3) is 21.9 Å². The molecule has 106 valence electrons. The first kappa shape index (κ1) is 13.4. The molecule has 0 aliphatic rings.